The minimum Gasteiger partial charge on any atom is -0.390 e. The average Bonchev–Trinajstić information content (AvgIpc) is 3.49. The van der Waals surface area contributed by atoms with Crippen LogP contribution in [0.5, 0.6) is 0 Å². The van der Waals surface area contributed by atoms with Gasteiger partial charge in [-0.3, -0.25) is 28.6 Å². The molecular weight excluding hydrogens is 562 g/mol. The summed E-state index contributed by atoms with van der Waals surface area (Å²) in [6.07, 6.45) is -1.38. The number of benzene rings is 1. The Labute approximate surface area is 246 Å². The van der Waals surface area contributed by atoms with Crippen LogP contribution in [0, 0.1) is 5.92 Å². The molecular formula is C29H41N5O7S. The number of aromatic nitrogens is 4. The topological polar surface area (TPSA) is 165 Å². The Balaban J connectivity index is 1.58. The number of carbonyl (C=O) groups excluding carboxylic acids is 1. The molecule has 230 valence electrons. The summed E-state index contributed by atoms with van der Waals surface area (Å²) in [5.74, 6) is -0.594. The number of aliphatic hydroxyl groups excluding tert-OH is 1. The number of anilines is 1. The zero-order chi connectivity index (χ0) is 31.1. The maximum atomic E-state index is 13.7. The number of carbonyl (C=O) groups is 1. The van der Waals surface area contributed by atoms with Crippen LogP contribution in [0.4, 0.5) is 5.95 Å². The van der Waals surface area contributed by atoms with E-state index in [0.717, 1.165) is 5.56 Å². The van der Waals surface area contributed by atoms with Crippen molar-refractivity contribution in [1.29, 1.82) is 0 Å². The van der Waals surface area contributed by atoms with E-state index in [0.29, 0.717) is 11.1 Å². The van der Waals surface area contributed by atoms with Gasteiger partial charge in [0.25, 0.3) is 15.7 Å². The summed E-state index contributed by atoms with van der Waals surface area (Å²) >= 11 is 0. The molecule has 12 nitrogen and oxygen atoms in total. The predicted molar refractivity (Wildman–Crippen MR) is 158 cm³/mol. The van der Waals surface area contributed by atoms with Crippen LogP contribution in [-0.4, -0.2) is 57.8 Å². The fourth-order valence-electron chi connectivity index (χ4n) is 4.89. The number of nitrogens with one attached hydrogen (secondary N) is 2. The number of amides is 1. The number of nitrogens with zero attached hydrogens (tertiary/aromatic N) is 3. The molecule has 0 radical (unpaired) electrons. The number of hydrogen-bond acceptors (Lipinski definition) is 9. The van der Waals surface area contributed by atoms with Crippen LogP contribution < -0.4 is 10.9 Å². The average molecular weight is 604 g/mol. The molecule has 1 saturated heterocycles. The van der Waals surface area contributed by atoms with Crippen molar-refractivity contribution < 1.29 is 27.2 Å². The molecule has 0 aliphatic carbocycles. The van der Waals surface area contributed by atoms with Gasteiger partial charge in [-0.2, -0.15) is 13.4 Å². The molecule has 1 fully saturated rings. The summed E-state index contributed by atoms with van der Waals surface area (Å²) in [5, 5.41) is 13.4. The van der Waals surface area contributed by atoms with Gasteiger partial charge in [-0.1, -0.05) is 67.5 Å². The molecule has 0 spiro atoms. The van der Waals surface area contributed by atoms with Crippen molar-refractivity contribution in [3.8, 4) is 0 Å². The number of rotatable bonds is 10. The molecule has 0 unspecified atom stereocenters. The van der Waals surface area contributed by atoms with Gasteiger partial charge in [-0.25, -0.2) is 4.98 Å². The highest BCUT2D eigenvalue weighted by molar-refractivity contribution is 7.86. The fourth-order valence-corrected chi connectivity index (χ4v) is 6.48. The van der Waals surface area contributed by atoms with Crippen molar-refractivity contribution in [3.63, 3.8) is 0 Å². The van der Waals surface area contributed by atoms with Crippen molar-refractivity contribution in [3.05, 3.63) is 45.5 Å². The number of imidazole rings is 1. The quantitative estimate of drug-likeness (QED) is 0.289. The van der Waals surface area contributed by atoms with Crippen molar-refractivity contribution in [1.82, 2.24) is 19.5 Å². The van der Waals surface area contributed by atoms with Gasteiger partial charge in [-0.05, 0) is 34.4 Å². The Bertz CT molecular complexity index is 1600. The standard InChI is InChI=1S/C29H41N5O7S/c1-14(2)18-9-19(15(3)4)25(20(10-18)16(5)6)42(38,39)40-12-22-21(35)11-23(41-22)34-13-30-24-26(34)31-29(33-28(24)37)32-27(36)17(7)8/h9-10,13-17,21-23,35H,11-12H2,1-8H3,(H2,31,32,33,36,37)/t21-,22+,23+/m0/s1. The molecule has 2 aromatic heterocycles. The highest BCUT2D eigenvalue weighted by Gasteiger charge is 2.38. The van der Waals surface area contributed by atoms with Gasteiger partial charge in [0, 0.05) is 12.3 Å². The van der Waals surface area contributed by atoms with Gasteiger partial charge in [-0.15, -0.1) is 0 Å². The summed E-state index contributed by atoms with van der Waals surface area (Å²) in [5.41, 5.74) is 2.08. The van der Waals surface area contributed by atoms with Gasteiger partial charge < -0.3 is 9.84 Å². The summed E-state index contributed by atoms with van der Waals surface area (Å²) in [4.78, 5) is 35.8. The maximum absolute atomic E-state index is 13.7. The highest BCUT2D eigenvalue weighted by atomic mass is 32.2. The van der Waals surface area contributed by atoms with E-state index in [4.69, 9.17) is 8.92 Å². The molecule has 42 heavy (non-hydrogen) atoms. The molecule has 3 aromatic rings. The Kier molecular flexibility index (Phi) is 9.26. The molecule has 3 atom stereocenters. The van der Waals surface area contributed by atoms with Gasteiger partial charge in [0.2, 0.25) is 11.9 Å². The normalized spacial score (nSPS) is 19.6. The van der Waals surface area contributed by atoms with Crippen LogP contribution in [0.1, 0.15) is 102 Å². The Morgan fingerprint density at radius 1 is 1.12 bits per heavy atom. The SMILES string of the molecule is CC(C)C(=O)Nc1nc2c(ncn2[C@H]2C[C@H](O)[C@@H](COS(=O)(=O)c3c(C(C)C)cc(C(C)C)cc3C(C)C)O2)c(=O)[nH]1. The third-order valence-corrected chi connectivity index (χ3v) is 8.85. The molecule has 1 amide bonds. The van der Waals surface area contributed by atoms with Crippen molar-refractivity contribution in [2.45, 2.75) is 103 Å². The molecule has 4 rings (SSSR count). The monoisotopic (exact) mass is 603 g/mol. The lowest BCUT2D eigenvalue weighted by atomic mass is 9.89. The van der Waals surface area contributed by atoms with Crippen LogP contribution in [-0.2, 0) is 23.8 Å². The minimum absolute atomic E-state index is 0.0326. The summed E-state index contributed by atoms with van der Waals surface area (Å²) < 4.78 is 40.4. The van der Waals surface area contributed by atoms with Crippen molar-refractivity contribution in [2.24, 2.45) is 5.92 Å². The Hall–Kier alpha value is -3.13. The predicted octanol–water partition coefficient (Wildman–Crippen LogP) is 4.14. The zero-order valence-corrected chi connectivity index (χ0v) is 26.2. The van der Waals surface area contributed by atoms with E-state index in [2.05, 4.69) is 34.1 Å². The van der Waals surface area contributed by atoms with Crippen LogP contribution in [0.25, 0.3) is 11.2 Å². The molecule has 0 bridgehead atoms. The van der Waals surface area contributed by atoms with E-state index >= 15 is 0 Å². The second-order valence-corrected chi connectivity index (χ2v) is 13.6. The molecule has 13 heteroatoms. The smallest absolute Gasteiger partial charge is 0.297 e. The molecule has 1 aliphatic rings. The van der Waals surface area contributed by atoms with E-state index in [1.54, 1.807) is 13.8 Å². The van der Waals surface area contributed by atoms with E-state index in [1.165, 1.54) is 10.9 Å². The van der Waals surface area contributed by atoms with Crippen molar-refractivity contribution in [2.75, 3.05) is 11.9 Å². The van der Waals surface area contributed by atoms with E-state index < -0.39 is 40.7 Å². The molecule has 3 heterocycles. The van der Waals surface area contributed by atoms with Crippen LogP contribution in [0.15, 0.2) is 28.2 Å². The largest absolute Gasteiger partial charge is 0.390 e. The molecule has 3 N–H and O–H groups in total. The highest BCUT2D eigenvalue weighted by Crippen LogP contribution is 2.37. The molecule has 1 aromatic carbocycles. The van der Waals surface area contributed by atoms with E-state index in [1.807, 2.05) is 39.8 Å². The number of aliphatic hydroxyl groups is 1. The van der Waals surface area contributed by atoms with Gasteiger partial charge in [0.1, 0.15) is 17.2 Å². The summed E-state index contributed by atoms with van der Waals surface area (Å²) in [7, 11) is -4.21. The number of H-pyrrole nitrogens is 1. The van der Waals surface area contributed by atoms with Gasteiger partial charge in [0.15, 0.2) is 11.2 Å². The minimum atomic E-state index is -4.21. The number of fused-ring (bicyclic) bond motifs is 1. The molecule has 0 saturated carbocycles. The first kappa shape index (κ1) is 31.8. The summed E-state index contributed by atoms with van der Waals surface area (Å²) in [6, 6.07) is 3.87. The number of hydrogen-bond donors (Lipinski definition) is 3. The fraction of sp³-hybridized carbons (Fsp3) is 0.586. The second kappa shape index (κ2) is 12.2. The third-order valence-electron chi connectivity index (χ3n) is 7.43. The first-order chi connectivity index (χ1) is 19.6. The van der Waals surface area contributed by atoms with Crippen LogP contribution in [0.2, 0.25) is 0 Å². The third kappa shape index (κ3) is 6.43. The number of ether oxygens (including phenoxy) is 1. The van der Waals surface area contributed by atoms with Crippen LogP contribution >= 0.6 is 0 Å². The van der Waals surface area contributed by atoms with Gasteiger partial charge in [0.05, 0.1) is 19.0 Å². The Morgan fingerprint density at radius 2 is 1.74 bits per heavy atom. The van der Waals surface area contributed by atoms with E-state index in [9.17, 15) is 23.1 Å². The maximum Gasteiger partial charge on any atom is 0.297 e. The molecule has 1 aliphatic heterocycles. The lowest BCUT2D eigenvalue weighted by molar-refractivity contribution is -0.118. The lowest BCUT2D eigenvalue weighted by Crippen LogP contribution is -2.28. The Morgan fingerprint density at radius 3 is 2.29 bits per heavy atom. The zero-order valence-electron chi connectivity index (χ0n) is 25.3. The van der Waals surface area contributed by atoms with Crippen molar-refractivity contribution >= 4 is 33.1 Å². The van der Waals surface area contributed by atoms with Crippen LogP contribution in [0.3, 0.4) is 0 Å². The summed E-state index contributed by atoms with van der Waals surface area (Å²) in [6.45, 7) is 15.0. The second-order valence-electron chi connectivity index (χ2n) is 12.0. The van der Waals surface area contributed by atoms with Gasteiger partial charge >= 0.3 is 0 Å². The van der Waals surface area contributed by atoms with E-state index in [-0.39, 0.29) is 58.0 Å². The lowest BCUT2D eigenvalue weighted by Gasteiger charge is -2.23. The number of aromatic amines is 1. The first-order valence-electron chi connectivity index (χ1n) is 14.3. The first-order valence-corrected chi connectivity index (χ1v) is 15.7.